The quantitative estimate of drug-likeness (QED) is 0.849. The number of carbonyl (C=O) groups excluding carboxylic acids is 1. The topological polar surface area (TPSA) is 40.5 Å². The van der Waals surface area contributed by atoms with Gasteiger partial charge in [0.25, 0.3) is 5.91 Å². The molecule has 1 unspecified atom stereocenters. The number of rotatable bonds is 2. The second kappa shape index (κ2) is 7.85. The fourth-order valence-electron chi connectivity index (χ4n) is 2.86. The van der Waals surface area contributed by atoms with Crippen molar-refractivity contribution in [3.05, 3.63) is 35.4 Å². The minimum absolute atomic E-state index is 0.0644. The summed E-state index contributed by atoms with van der Waals surface area (Å²) in [4.78, 5) is 14.7. The number of likely N-dealkylation sites (tertiary alicyclic amines) is 1. The van der Waals surface area contributed by atoms with Gasteiger partial charge in [-0.25, -0.2) is 0 Å². The van der Waals surface area contributed by atoms with E-state index in [2.05, 4.69) is 18.8 Å². The van der Waals surface area contributed by atoms with Crippen LogP contribution in [0.3, 0.4) is 0 Å². The van der Waals surface area contributed by atoms with E-state index in [1.165, 1.54) is 12.8 Å². The fourth-order valence-corrected chi connectivity index (χ4v) is 2.86. The van der Waals surface area contributed by atoms with Gasteiger partial charge in [-0.3, -0.25) is 4.79 Å². The van der Waals surface area contributed by atoms with Crippen LogP contribution in [0.2, 0.25) is 0 Å². The first-order valence-corrected chi connectivity index (χ1v) is 7.74. The van der Waals surface area contributed by atoms with Gasteiger partial charge in [0.15, 0.2) is 0 Å². The van der Waals surface area contributed by atoms with E-state index < -0.39 is 0 Å². The van der Waals surface area contributed by atoms with Crippen molar-refractivity contribution in [1.29, 1.82) is 0 Å². The monoisotopic (exact) mass is 285 g/mol. The van der Waals surface area contributed by atoms with Crippen molar-refractivity contribution < 1.29 is 9.90 Å². The highest BCUT2D eigenvalue weighted by molar-refractivity contribution is 5.96. The Kier molecular flexibility index (Phi) is 5.83. The van der Waals surface area contributed by atoms with Gasteiger partial charge in [0.1, 0.15) is 6.61 Å². The van der Waals surface area contributed by atoms with Crippen molar-refractivity contribution >= 4 is 5.91 Å². The summed E-state index contributed by atoms with van der Waals surface area (Å²) < 4.78 is 0. The summed E-state index contributed by atoms with van der Waals surface area (Å²) in [7, 11) is 0. The lowest BCUT2D eigenvalue weighted by atomic mass is 9.98. The molecule has 0 bridgehead atoms. The third kappa shape index (κ3) is 4.09. The first-order chi connectivity index (χ1) is 10.3. The van der Waals surface area contributed by atoms with Crippen molar-refractivity contribution in [3.63, 3.8) is 0 Å². The van der Waals surface area contributed by atoms with Crippen LogP contribution < -0.4 is 0 Å². The number of amides is 1. The molecule has 112 valence electrons. The van der Waals surface area contributed by atoms with Crippen molar-refractivity contribution in [2.24, 2.45) is 5.92 Å². The van der Waals surface area contributed by atoms with Gasteiger partial charge in [-0.05, 0) is 37.3 Å². The lowest BCUT2D eigenvalue weighted by molar-refractivity contribution is 0.0759. The Morgan fingerprint density at radius 3 is 2.90 bits per heavy atom. The van der Waals surface area contributed by atoms with E-state index in [0.717, 1.165) is 31.8 Å². The maximum absolute atomic E-state index is 12.7. The van der Waals surface area contributed by atoms with E-state index in [9.17, 15) is 4.79 Å². The highest BCUT2D eigenvalue weighted by Crippen LogP contribution is 2.22. The Balaban J connectivity index is 2.16. The molecule has 3 nitrogen and oxygen atoms in total. The average molecular weight is 285 g/mol. The molecule has 0 spiro atoms. The predicted octanol–water partition coefficient (Wildman–Crippen LogP) is 2.68. The van der Waals surface area contributed by atoms with Gasteiger partial charge in [0.2, 0.25) is 0 Å². The Hall–Kier alpha value is -1.79. The van der Waals surface area contributed by atoms with Gasteiger partial charge in [0, 0.05) is 18.7 Å². The van der Waals surface area contributed by atoms with Crippen molar-refractivity contribution in [2.75, 3.05) is 19.7 Å². The number of carbonyl (C=O) groups is 1. The molecule has 1 aromatic carbocycles. The molecular weight excluding hydrogens is 262 g/mol. The van der Waals surface area contributed by atoms with E-state index in [4.69, 9.17) is 5.11 Å². The van der Waals surface area contributed by atoms with E-state index in [1.807, 2.05) is 29.2 Å². The van der Waals surface area contributed by atoms with Crippen LogP contribution in [-0.2, 0) is 0 Å². The average Bonchev–Trinajstić information content (AvgIpc) is 2.78. The van der Waals surface area contributed by atoms with E-state index in [-0.39, 0.29) is 12.5 Å². The molecule has 1 aliphatic heterocycles. The van der Waals surface area contributed by atoms with Crippen molar-refractivity contribution in [2.45, 2.75) is 32.6 Å². The summed E-state index contributed by atoms with van der Waals surface area (Å²) >= 11 is 0. The van der Waals surface area contributed by atoms with Crippen LogP contribution in [0.15, 0.2) is 24.3 Å². The molecule has 1 fully saturated rings. The molecule has 0 aliphatic carbocycles. The molecule has 2 rings (SSSR count). The molecule has 1 aliphatic rings. The van der Waals surface area contributed by atoms with Crippen molar-refractivity contribution in [3.8, 4) is 11.8 Å². The Labute approximate surface area is 127 Å². The van der Waals surface area contributed by atoms with Crippen LogP contribution in [0, 0.1) is 17.8 Å². The number of aliphatic hydroxyl groups is 1. The molecule has 1 amide bonds. The Morgan fingerprint density at radius 1 is 1.33 bits per heavy atom. The van der Waals surface area contributed by atoms with Crippen LogP contribution in [0.25, 0.3) is 0 Å². The number of benzene rings is 1. The largest absolute Gasteiger partial charge is 0.384 e. The minimum atomic E-state index is -0.190. The summed E-state index contributed by atoms with van der Waals surface area (Å²) in [6.45, 7) is 3.70. The van der Waals surface area contributed by atoms with Crippen molar-refractivity contribution in [1.82, 2.24) is 4.90 Å². The smallest absolute Gasteiger partial charge is 0.255 e. The van der Waals surface area contributed by atoms with Gasteiger partial charge in [0.05, 0.1) is 5.56 Å². The van der Waals surface area contributed by atoms with Crippen LogP contribution in [0.4, 0.5) is 0 Å². The van der Waals surface area contributed by atoms with E-state index in [0.29, 0.717) is 11.1 Å². The molecule has 1 aromatic rings. The highest BCUT2D eigenvalue weighted by Gasteiger charge is 2.22. The standard InChI is InChI=1S/C18H23NO2/c1-2-15-7-5-12-19(13-11-15)18(21)17-10-4-3-8-16(17)9-6-14-20/h3-4,8,10,15,20H,2,5,7,11-14H2,1H3. The molecular formula is C18H23NO2. The third-order valence-electron chi connectivity index (χ3n) is 4.17. The van der Waals surface area contributed by atoms with Gasteiger partial charge in [-0.2, -0.15) is 0 Å². The van der Waals surface area contributed by atoms with Gasteiger partial charge >= 0.3 is 0 Å². The van der Waals surface area contributed by atoms with Gasteiger partial charge in [-0.15, -0.1) is 0 Å². The summed E-state index contributed by atoms with van der Waals surface area (Å²) in [5, 5.41) is 8.83. The zero-order valence-electron chi connectivity index (χ0n) is 12.6. The number of aliphatic hydroxyl groups excluding tert-OH is 1. The molecule has 1 heterocycles. The third-order valence-corrected chi connectivity index (χ3v) is 4.17. The summed E-state index contributed by atoms with van der Waals surface area (Å²) in [6.07, 6.45) is 4.58. The Bertz CT molecular complexity index is 542. The SMILES string of the molecule is CCC1CCCN(C(=O)c2ccccc2C#CCO)CC1. The molecule has 0 aromatic heterocycles. The zero-order valence-corrected chi connectivity index (χ0v) is 12.6. The second-order valence-electron chi connectivity index (χ2n) is 5.50. The predicted molar refractivity (Wildman–Crippen MR) is 83.9 cm³/mol. The maximum atomic E-state index is 12.7. The molecule has 1 saturated heterocycles. The summed E-state index contributed by atoms with van der Waals surface area (Å²) in [5.74, 6) is 6.30. The first-order valence-electron chi connectivity index (χ1n) is 7.74. The lowest BCUT2D eigenvalue weighted by Gasteiger charge is -2.21. The molecule has 3 heteroatoms. The number of hydrogen-bond acceptors (Lipinski definition) is 2. The fraction of sp³-hybridized carbons (Fsp3) is 0.500. The first kappa shape index (κ1) is 15.6. The second-order valence-corrected chi connectivity index (χ2v) is 5.50. The maximum Gasteiger partial charge on any atom is 0.255 e. The summed E-state index contributed by atoms with van der Waals surface area (Å²) in [6, 6.07) is 7.40. The van der Waals surface area contributed by atoms with Gasteiger partial charge < -0.3 is 10.0 Å². The Morgan fingerprint density at radius 2 is 2.14 bits per heavy atom. The van der Waals surface area contributed by atoms with Crippen LogP contribution in [0.5, 0.6) is 0 Å². The normalized spacial score (nSPS) is 18.6. The molecule has 1 atom stereocenters. The summed E-state index contributed by atoms with van der Waals surface area (Å²) in [5.41, 5.74) is 1.35. The molecule has 21 heavy (non-hydrogen) atoms. The minimum Gasteiger partial charge on any atom is -0.384 e. The van der Waals surface area contributed by atoms with Crippen LogP contribution in [0.1, 0.15) is 48.5 Å². The lowest BCUT2D eigenvalue weighted by Crippen LogP contribution is -2.32. The molecule has 1 N–H and O–H groups in total. The van der Waals surface area contributed by atoms with Crippen LogP contribution >= 0.6 is 0 Å². The van der Waals surface area contributed by atoms with Crippen LogP contribution in [-0.4, -0.2) is 35.6 Å². The molecule has 0 radical (unpaired) electrons. The highest BCUT2D eigenvalue weighted by atomic mass is 16.2. The number of nitrogens with zero attached hydrogens (tertiary/aromatic N) is 1. The molecule has 0 saturated carbocycles. The van der Waals surface area contributed by atoms with E-state index >= 15 is 0 Å². The number of hydrogen-bond donors (Lipinski definition) is 1. The zero-order chi connectivity index (χ0) is 15.1. The van der Waals surface area contributed by atoms with E-state index in [1.54, 1.807) is 0 Å². The van der Waals surface area contributed by atoms with Gasteiger partial charge in [-0.1, -0.05) is 37.3 Å².